The van der Waals surface area contributed by atoms with Gasteiger partial charge < -0.3 is 4.74 Å². The molecule has 0 N–H and O–H groups in total. The highest BCUT2D eigenvalue weighted by Gasteiger charge is 2.16. The highest BCUT2D eigenvalue weighted by atomic mass is 16.5. The van der Waals surface area contributed by atoms with Crippen molar-refractivity contribution in [1.29, 1.82) is 0 Å². The Bertz CT molecular complexity index is 123. The Kier molecular flexibility index (Phi) is 2.13. The molecule has 1 heteroatoms. The highest BCUT2D eigenvalue weighted by molar-refractivity contribution is 4.96. The van der Waals surface area contributed by atoms with Crippen molar-refractivity contribution < 1.29 is 4.74 Å². The molecule has 1 rings (SSSR count). The molecular formula is C8H12O. The fourth-order valence-electron chi connectivity index (χ4n) is 1.08. The molecule has 0 aliphatic carbocycles. The van der Waals surface area contributed by atoms with Crippen LogP contribution in [0.3, 0.4) is 0 Å². The van der Waals surface area contributed by atoms with E-state index in [1.165, 1.54) is 0 Å². The first-order chi connectivity index (χ1) is 4.33. The van der Waals surface area contributed by atoms with Gasteiger partial charge in [-0.3, -0.25) is 0 Å². The van der Waals surface area contributed by atoms with Crippen LogP contribution in [0.1, 0.15) is 19.8 Å². The van der Waals surface area contributed by atoms with E-state index in [9.17, 15) is 0 Å². The summed E-state index contributed by atoms with van der Waals surface area (Å²) in [5.41, 5.74) is 0. The van der Waals surface area contributed by atoms with Gasteiger partial charge in [-0.15, -0.1) is 6.42 Å². The SMILES string of the molecule is C#C[C@@H]1C[C@H](C)CCO1. The monoisotopic (exact) mass is 124 g/mol. The molecule has 1 aliphatic heterocycles. The van der Waals surface area contributed by atoms with Crippen LogP contribution in [0, 0.1) is 18.3 Å². The number of hydrogen-bond donors (Lipinski definition) is 0. The third-order valence-electron chi connectivity index (χ3n) is 1.73. The van der Waals surface area contributed by atoms with Crippen molar-refractivity contribution in [2.45, 2.75) is 25.9 Å². The lowest BCUT2D eigenvalue weighted by molar-refractivity contribution is 0.0296. The van der Waals surface area contributed by atoms with Crippen LogP contribution in [0.25, 0.3) is 0 Å². The summed E-state index contributed by atoms with van der Waals surface area (Å²) in [5.74, 6) is 3.36. The molecule has 0 aromatic rings. The fourth-order valence-corrected chi connectivity index (χ4v) is 1.08. The van der Waals surface area contributed by atoms with E-state index in [1.807, 2.05) is 0 Å². The zero-order valence-electron chi connectivity index (χ0n) is 5.76. The van der Waals surface area contributed by atoms with E-state index in [1.54, 1.807) is 0 Å². The molecule has 1 saturated heterocycles. The summed E-state index contributed by atoms with van der Waals surface area (Å²) >= 11 is 0. The number of ether oxygens (including phenoxy) is 1. The molecule has 9 heavy (non-hydrogen) atoms. The smallest absolute Gasteiger partial charge is 0.118 e. The van der Waals surface area contributed by atoms with Crippen LogP contribution < -0.4 is 0 Å². The quantitative estimate of drug-likeness (QED) is 0.444. The normalized spacial score (nSPS) is 35.6. The molecule has 0 saturated carbocycles. The molecule has 0 aromatic carbocycles. The van der Waals surface area contributed by atoms with Crippen molar-refractivity contribution in [3.63, 3.8) is 0 Å². The first kappa shape index (κ1) is 6.64. The second kappa shape index (κ2) is 2.89. The van der Waals surface area contributed by atoms with Crippen LogP contribution in [-0.2, 0) is 4.74 Å². The molecule has 0 aromatic heterocycles. The van der Waals surface area contributed by atoms with Crippen LogP contribution in [-0.4, -0.2) is 12.7 Å². The lowest BCUT2D eigenvalue weighted by Gasteiger charge is -2.22. The molecule has 2 atom stereocenters. The molecule has 0 amide bonds. The Balaban J connectivity index is 2.34. The summed E-state index contributed by atoms with van der Waals surface area (Å²) in [4.78, 5) is 0. The summed E-state index contributed by atoms with van der Waals surface area (Å²) in [5, 5.41) is 0. The van der Waals surface area contributed by atoms with Gasteiger partial charge in [-0.05, 0) is 18.8 Å². The fraction of sp³-hybridized carbons (Fsp3) is 0.750. The summed E-state index contributed by atoms with van der Waals surface area (Å²) in [6, 6.07) is 0. The van der Waals surface area contributed by atoms with Crippen molar-refractivity contribution in [2.75, 3.05) is 6.61 Å². The van der Waals surface area contributed by atoms with Gasteiger partial charge in [0.1, 0.15) is 6.10 Å². The highest BCUT2D eigenvalue weighted by Crippen LogP contribution is 2.18. The van der Waals surface area contributed by atoms with Gasteiger partial charge in [0.2, 0.25) is 0 Å². The minimum absolute atomic E-state index is 0.0914. The van der Waals surface area contributed by atoms with E-state index in [0.29, 0.717) is 0 Å². The third-order valence-corrected chi connectivity index (χ3v) is 1.73. The number of rotatable bonds is 0. The first-order valence-corrected chi connectivity index (χ1v) is 3.40. The van der Waals surface area contributed by atoms with Crippen molar-refractivity contribution >= 4 is 0 Å². The number of terminal acetylenes is 1. The van der Waals surface area contributed by atoms with Crippen molar-refractivity contribution in [1.82, 2.24) is 0 Å². The van der Waals surface area contributed by atoms with Crippen molar-refractivity contribution in [2.24, 2.45) is 5.92 Å². The Hall–Kier alpha value is -0.480. The Morgan fingerprint density at radius 2 is 2.44 bits per heavy atom. The second-order valence-electron chi connectivity index (χ2n) is 2.66. The van der Waals surface area contributed by atoms with E-state index < -0.39 is 0 Å². The molecular weight excluding hydrogens is 112 g/mol. The lowest BCUT2D eigenvalue weighted by Crippen LogP contribution is -2.22. The summed E-state index contributed by atoms with van der Waals surface area (Å²) < 4.78 is 5.26. The van der Waals surface area contributed by atoms with Crippen molar-refractivity contribution in [3.05, 3.63) is 0 Å². The predicted octanol–water partition coefficient (Wildman–Crippen LogP) is 1.43. The second-order valence-corrected chi connectivity index (χ2v) is 2.66. The minimum atomic E-state index is 0.0914. The zero-order chi connectivity index (χ0) is 6.69. The van der Waals surface area contributed by atoms with Gasteiger partial charge in [-0.2, -0.15) is 0 Å². The van der Waals surface area contributed by atoms with Crippen LogP contribution in [0.4, 0.5) is 0 Å². The Morgan fingerprint density at radius 3 is 2.89 bits per heavy atom. The Morgan fingerprint density at radius 1 is 1.67 bits per heavy atom. The summed E-state index contributed by atoms with van der Waals surface area (Å²) in [6.07, 6.45) is 7.48. The molecule has 0 spiro atoms. The van der Waals surface area contributed by atoms with Gasteiger partial charge >= 0.3 is 0 Å². The van der Waals surface area contributed by atoms with E-state index in [4.69, 9.17) is 11.2 Å². The maximum Gasteiger partial charge on any atom is 0.118 e. The predicted molar refractivity (Wildman–Crippen MR) is 37.0 cm³/mol. The number of hydrogen-bond acceptors (Lipinski definition) is 1. The van der Waals surface area contributed by atoms with Gasteiger partial charge in [0.05, 0.1) is 0 Å². The molecule has 0 radical (unpaired) electrons. The van der Waals surface area contributed by atoms with Crippen LogP contribution >= 0.6 is 0 Å². The van der Waals surface area contributed by atoms with Gasteiger partial charge in [0, 0.05) is 6.61 Å². The van der Waals surface area contributed by atoms with Gasteiger partial charge in [-0.25, -0.2) is 0 Å². The maximum absolute atomic E-state index is 5.26. The Labute approximate surface area is 56.4 Å². The van der Waals surface area contributed by atoms with E-state index >= 15 is 0 Å². The van der Waals surface area contributed by atoms with Crippen LogP contribution in [0.2, 0.25) is 0 Å². The van der Waals surface area contributed by atoms with E-state index in [0.717, 1.165) is 25.4 Å². The van der Waals surface area contributed by atoms with Crippen molar-refractivity contribution in [3.8, 4) is 12.3 Å². The molecule has 0 bridgehead atoms. The standard InChI is InChI=1S/C8H12O/c1-3-8-6-7(2)4-5-9-8/h1,7-8H,4-6H2,2H3/t7-,8-/m1/s1. The molecule has 0 unspecified atom stereocenters. The minimum Gasteiger partial charge on any atom is -0.366 e. The maximum atomic E-state index is 5.26. The zero-order valence-corrected chi connectivity index (χ0v) is 5.76. The average Bonchev–Trinajstić information content (AvgIpc) is 1.88. The van der Waals surface area contributed by atoms with Crippen LogP contribution in [0.15, 0.2) is 0 Å². The van der Waals surface area contributed by atoms with Crippen LogP contribution in [0.5, 0.6) is 0 Å². The molecule has 1 fully saturated rings. The largest absolute Gasteiger partial charge is 0.366 e. The topological polar surface area (TPSA) is 9.23 Å². The average molecular weight is 124 g/mol. The molecule has 1 heterocycles. The molecule has 1 aliphatic rings. The van der Waals surface area contributed by atoms with E-state index in [-0.39, 0.29) is 6.10 Å². The van der Waals surface area contributed by atoms with E-state index in [2.05, 4.69) is 12.8 Å². The first-order valence-electron chi connectivity index (χ1n) is 3.40. The van der Waals surface area contributed by atoms with Gasteiger partial charge in [-0.1, -0.05) is 12.8 Å². The van der Waals surface area contributed by atoms with Gasteiger partial charge in [0.25, 0.3) is 0 Å². The molecule has 50 valence electrons. The molecule has 1 nitrogen and oxygen atoms in total. The van der Waals surface area contributed by atoms with Gasteiger partial charge in [0.15, 0.2) is 0 Å². The summed E-state index contributed by atoms with van der Waals surface area (Å²) in [6.45, 7) is 3.06. The lowest BCUT2D eigenvalue weighted by atomic mass is 9.98. The third kappa shape index (κ3) is 1.73. The summed E-state index contributed by atoms with van der Waals surface area (Å²) in [7, 11) is 0.